The van der Waals surface area contributed by atoms with Crippen LogP contribution in [-0.4, -0.2) is 45.3 Å². The number of anilines is 1. The molecule has 3 aromatic rings. The number of hydrogen-bond donors (Lipinski definition) is 0. The molecule has 162 valence electrons. The Kier molecular flexibility index (Phi) is 6.87. The van der Waals surface area contributed by atoms with Gasteiger partial charge in [-0.15, -0.1) is 22.0 Å². The van der Waals surface area contributed by atoms with E-state index in [4.69, 9.17) is 4.74 Å². The van der Waals surface area contributed by atoms with Crippen molar-refractivity contribution < 1.29 is 9.53 Å². The smallest absolute Gasteiger partial charge is 0.237 e. The highest BCUT2D eigenvalue weighted by Gasteiger charge is 2.25. The standard InChI is InChI=1S/C23H26N4O2S2/c1-4-26-22(17-9-11-18(29-3)12-10-17)24-25-23(26)30-15-21(28)27-14-13-16(2)31-20-8-6-5-7-19(20)27/h5-12,16H,4,13-15H2,1-3H3/t16-/m1/s1. The SMILES string of the molecule is CCn1c(SCC(=O)N2CC[C@@H](C)Sc3ccccc32)nnc1-c1ccc(OC)cc1. The minimum absolute atomic E-state index is 0.101. The average molecular weight is 455 g/mol. The topological polar surface area (TPSA) is 60.2 Å². The molecule has 0 aliphatic carbocycles. The number of hydrogen-bond acceptors (Lipinski definition) is 6. The van der Waals surface area contributed by atoms with Gasteiger partial charge in [-0.3, -0.25) is 4.79 Å². The maximum absolute atomic E-state index is 13.2. The molecule has 2 heterocycles. The summed E-state index contributed by atoms with van der Waals surface area (Å²) in [5, 5.41) is 10.00. The molecule has 1 aromatic heterocycles. The second kappa shape index (κ2) is 9.78. The summed E-state index contributed by atoms with van der Waals surface area (Å²) in [4.78, 5) is 16.3. The van der Waals surface area contributed by atoms with Crippen molar-refractivity contribution in [3.8, 4) is 17.1 Å². The normalized spacial score (nSPS) is 16.0. The molecule has 0 fully saturated rings. The van der Waals surface area contributed by atoms with Gasteiger partial charge in [0, 0.05) is 28.8 Å². The molecule has 0 unspecified atom stereocenters. The van der Waals surface area contributed by atoms with E-state index in [1.54, 1.807) is 7.11 Å². The van der Waals surface area contributed by atoms with Gasteiger partial charge in [0.2, 0.25) is 5.91 Å². The number of benzene rings is 2. The molecule has 4 rings (SSSR count). The number of ether oxygens (including phenoxy) is 1. The summed E-state index contributed by atoms with van der Waals surface area (Å²) in [5.74, 6) is 2.03. The van der Waals surface area contributed by atoms with Crippen molar-refractivity contribution in [3.63, 3.8) is 0 Å². The Labute approximate surface area is 191 Å². The second-order valence-corrected chi connectivity index (χ2v) is 9.72. The maximum Gasteiger partial charge on any atom is 0.237 e. The van der Waals surface area contributed by atoms with E-state index < -0.39 is 0 Å². The quantitative estimate of drug-likeness (QED) is 0.490. The molecule has 1 aliphatic heterocycles. The van der Waals surface area contributed by atoms with Gasteiger partial charge in [-0.1, -0.05) is 30.8 Å². The molecule has 1 aliphatic rings. The number of thioether (sulfide) groups is 2. The lowest BCUT2D eigenvalue weighted by atomic mass is 10.2. The minimum Gasteiger partial charge on any atom is -0.497 e. The first kappa shape index (κ1) is 21.8. The van der Waals surface area contributed by atoms with Gasteiger partial charge in [0.05, 0.1) is 18.6 Å². The summed E-state index contributed by atoms with van der Waals surface area (Å²) in [7, 11) is 1.65. The van der Waals surface area contributed by atoms with Crippen LogP contribution in [0.15, 0.2) is 58.6 Å². The van der Waals surface area contributed by atoms with Crippen LogP contribution >= 0.6 is 23.5 Å². The number of amides is 1. The number of para-hydroxylation sites is 1. The first-order valence-corrected chi connectivity index (χ1v) is 12.2. The van der Waals surface area contributed by atoms with Gasteiger partial charge < -0.3 is 14.2 Å². The van der Waals surface area contributed by atoms with E-state index in [0.29, 0.717) is 11.0 Å². The molecule has 0 saturated carbocycles. The predicted molar refractivity (Wildman–Crippen MR) is 127 cm³/mol. The molecule has 0 bridgehead atoms. The Morgan fingerprint density at radius 1 is 1.19 bits per heavy atom. The van der Waals surface area contributed by atoms with Gasteiger partial charge in [0.15, 0.2) is 11.0 Å². The Morgan fingerprint density at radius 2 is 1.97 bits per heavy atom. The van der Waals surface area contributed by atoms with Crippen LogP contribution in [0.4, 0.5) is 5.69 Å². The number of rotatable bonds is 6. The average Bonchev–Trinajstić information content (AvgIpc) is 3.13. The third-order valence-electron chi connectivity index (χ3n) is 5.25. The van der Waals surface area contributed by atoms with Crippen molar-refractivity contribution in [1.82, 2.24) is 14.8 Å². The largest absolute Gasteiger partial charge is 0.497 e. The van der Waals surface area contributed by atoms with Crippen LogP contribution in [0.25, 0.3) is 11.4 Å². The first-order chi connectivity index (χ1) is 15.1. The van der Waals surface area contributed by atoms with E-state index in [1.165, 1.54) is 16.7 Å². The van der Waals surface area contributed by atoms with E-state index in [0.717, 1.165) is 47.5 Å². The first-order valence-electron chi connectivity index (χ1n) is 10.4. The van der Waals surface area contributed by atoms with Gasteiger partial charge in [0.25, 0.3) is 0 Å². The number of carbonyl (C=O) groups is 1. The van der Waals surface area contributed by atoms with E-state index >= 15 is 0 Å². The van der Waals surface area contributed by atoms with Gasteiger partial charge in [-0.05, 0) is 49.7 Å². The van der Waals surface area contributed by atoms with E-state index in [9.17, 15) is 4.79 Å². The summed E-state index contributed by atoms with van der Waals surface area (Å²) in [6.07, 6.45) is 0.975. The Bertz CT molecular complexity index is 1050. The molecule has 6 nitrogen and oxygen atoms in total. The Morgan fingerprint density at radius 3 is 2.71 bits per heavy atom. The predicted octanol–water partition coefficient (Wildman–Crippen LogP) is 4.98. The third-order valence-corrected chi connectivity index (χ3v) is 7.44. The van der Waals surface area contributed by atoms with Crippen LogP contribution in [0.5, 0.6) is 5.75 Å². The number of methoxy groups -OCH3 is 1. The summed E-state index contributed by atoms with van der Waals surface area (Å²) < 4.78 is 7.29. The fourth-order valence-electron chi connectivity index (χ4n) is 3.58. The molecule has 0 spiro atoms. The molecular weight excluding hydrogens is 428 g/mol. The lowest BCUT2D eigenvalue weighted by molar-refractivity contribution is -0.116. The zero-order chi connectivity index (χ0) is 21.8. The summed E-state index contributed by atoms with van der Waals surface area (Å²) in [6.45, 7) is 5.74. The minimum atomic E-state index is 0.101. The number of fused-ring (bicyclic) bond motifs is 1. The molecule has 8 heteroatoms. The van der Waals surface area contributed by atoms with Gasteiger partial charge in [-0.2, -0.15) is 0 Å². The Hall–Kier alpha value is -2.45. The monoisotopic (exact) mass is 454 g/mol. The molecule has 0 saturated heterocycles. The van der Waals surface area contributed by atoms with Crippen molar-refractivity contribution in [2.45, 2.75) is 42.1 Å². The highest BCUT2D eigenvalue weighted by atomic mass is 32.2. The molecule has 1 atom stereocenters. The Balaban J connectivity index is 1.50. The maximum atomic E-state index is 13.2. The summed E-state index contributed by atoms with van der Waals surface area (Å²) in [6, 6.07) is 15.9. The molecule has 0 N–H and O–H groups in total. The number of nitrogens with zero attached hydrogens (tertiary/aromatic N) is 4. The van der Waals surface area contributed by atoms with Crippen molar-refractivity contribution in [1.29, 1.82) is 0 Å². The second-order valence-electron chi connectivity index (χ2n) is 7.30. The van der Waals surface area contributed by atoms with Crippen LogP contribution in [0.2, 0.25) is 0 Å². The number of aromatic nitrogens is 3. The van der Waals surface area contributed by atoms with Crippen molar-refractivity contribution in [2.75, 3.05) is 24.3 Å². The molecular formula is C23H26N4O2S2. The van der Waals surface area contributed by atoms with Crippen molar-refractivity contribution in [2.24, 2.45) is 0 Å². The van der Waals surface area contributed by atoms with Gasteiger partial charge in [0.1, 0.15) is 5.75 Å². The molecule has 2 aromatic carbocycles. The van der Waals surface area contributed by atoms with E-state index in [1.807, 2.05) is 63.7 Å². The lowest BCUT2D eigenvalue weighted by Gasteiger charge is -2.22. The summed E-state index contributed by atoms with van der Waals surface area (Å²) >= 11 is 3.29. The molecule has 0 radical (unpaired) electrons. The lowest BCUT2D eigenvalue weighted by Crippen LogP contribution is -2.33. The van der Waals surface area contributed by atoms with Gasteiger partial charge >= 0.3 is 0 Å². The molecule has 1 amide bonds. The highest BCUT2D eigenvalue weighted by molar-refractivity contribution is 8.00. The summed E-state index contributed by atoms with van der Waals surface area (Å²) in [5.41, 5.74) is 1.99. The van der Waals surface area contributed by atoms with Crippen LogP contribution in [0.1, 0.15) is 20.3 Å². The fourth-order valence-corrected chi connectivity index (χ4v) is 5.58. The zero-order valence-corrected chi connectivity index (χ0v) is 19.6. The van der Waals surface area contributed by atoms with Crippen LogP contribution < -0.4 is 9.64 Å². The van der Waals surface area contributed by atoms with Crippen LogP contribution in [0, 0.1) is 0 Å². The van der Waals surface area contributed by atoms with Crippen LogP contribution in [-0.2, 0) is 11.3 Å². The highest BCUT2D eigenvalue weighted by Crippen LogP contribution is 2.37. The van der Waals surface area contributed by atoms with Crippen molar-refractivity contribution in [3.05, 3.63) is 48.5 Å². The van der Waals surface area contributed by atoms with Gasteiger partial charge in [-0.25, -0.2) is 0 Å². The third kappa shape index (κ3) is 4.75. The zero-order valence-electron chi connectivity index (χ0n) is 17.9. The number of carbonyl (C=O) groups excluding carboxylic acids is 1. The fraction of sp³-hybridized carbons (Fsp3) is 0.348. The van der Waals surface area contributed by atoms with Crippen LogP contribution in [0.3, 0.4) is 0 Å². The van der Waals surface area contributed by atoms with E-state index in [2.05, 4.69) is 30.1 Å². The van der Waals surface area contributed by atoms with E-state index in [-0.39, 0.29) is 5.91 Å². The molecule has 31 heavy (non-hydrogen) atoms. The van der Waals surface area contributed by atoms with Crippen molar-refractivity contribution >= 4 is 35.1 Å².